The number of hydrogen-bond acceptors (Lipinski definition) is 5. The van der Waals surface area contributed by atoms with Crippen LogP contribution < -0.4 is 0 Å². The van der Waals surface area contributed by atoms with Crippen LogP contribution in [-0.2, 0) is 4.74 Å². The zero-order chi connectivity index (χ0) is 17.8. The van der Waals surface area contributed by atoms with Crippen LogP contribution in [0.5, 0.6) is 0 Å². The second kappa shape index (κ2) is 9.14. The van der Waals surface area contributed by atoms with Gasteiger partial charge in [0.1, 0.15) is 6.67 Å². The number of likely N-dealkylation sites (tertiary alicyclic amines) is 1. The molecule has 2 radical (unpaired) electrons. The van der Waals surface area contributed by atoms with Crippen LogP contribution in [0.3, 0.4) is 0 Å². The van der Waals surface area contributed by atoms with Crippen molar-refractivity contribution in [2.45, 2.75) is 71.2 Å². The van der Waals surface area contributed by atoms with E-state index in [0.717, 1.165) is 32.7 Å². The second-order valence-corrected chi connectivity index (χ2v) is 8.51. The number of nitrogens with zero attached hydrogens (tertiary/aromatic N) is 4. The van der Waals surface area contributed by atoms with Gasteiger partial charge in [-0.05, 0) is 66.6 Å². The highest BCUT2D eigenvalue weighted by Crippen LogP contribution is 2.23. The Morgan fingerprint density at radius 3 is 2.28 bits per heavy atom. The fourth-order valence-electron chi connectivity index (χ4n) is 4.60. The lowest BCUT2D eigenvalue weighted by atomic mass is 10.0. The van der Waals surface area contributed by atoms with Gasteiger partial charge < -0.3 is 9.64 Å². The molecule has 0 aromatic carbocycles. The van der Waals surface area contributed by atoms with Crippen LogP contribution in [0.2, 0.25) is 0 Å². The highest BCUT2D eigenvalue weighted by atomic mass is 16.5. The molecule has 3 aliphatic heterocycles. The molecule has 3 fully saturated rings. The molecule has 0 saturated carbocycles. The van der Waals surface area contributed by atoms with E-state index in [2.05, 4.69) is 54.0 Å². The Balaban J connectivity index is 1.32. The minimum Gasteiger partial charge on any atom is -0.373 e. The topological polar surface area (TPSA) is 22.2 Å². The molecular formula is C20H38N4O. The molecule has 0 aromatic heterocycles. The molecule has 0 bridgehead atoms. The first-order valence-electron chi connectivity index (χ1n) is 10.4. The molecule has 0 spiro atoms. The van der Waals surface area contributed by atoms with Crippen molar-refractivity contribution in [2.75, 3.05) is 52.4 Å². The molecule has 2 atom stereocenters. The summed E-state index contributed by atoms with van der Waals surface area (Å²) in [6.45, 7) is 22.0. The Morgan fingerprint density at radius 1 is 0.960 bits per heavy atom. The summed E-state index contributed by atoms with van der Waals surface area (Å²) in [5.41, 5.74) is 0. The predicted octanol–water partition coefficient (Wildman–Crippen LogP) is 1.97. The normalized spacial score (nSPS) is 32.0. The van der Waals surface area contributed by atoms with Crippen LogP contribution in [-0.4, -0.2) is 96.2 Å². The maximum absolute atomic E-state index is 5.83. The Labute approximate surface area is 155 Å². The van der Waals surface area contributed by atoms with E-state index >= 15 is 0 Å². The first-order valence-corrected chi connectivity index (χ1v) is 10.4. The lowest BCUT2D eigenvalue weighted by Gasteiger charge is -2.38. The van der Waals surface area contributed by atoms with E-state index in [-0.39, 0.29) is 0 Å². The zero-order valence-electron chi connectivity index (χ0n) is 16.8. The summed E-state index contributed by atoms with van der Waals surface area (Å²) in [6.07, 6.45) is 4.57. The third-order valence-electron chi connectivity index (χ3n) is 5.95. The molecule has 0 aromatic rings. The van der Waals surface area contributed by atoms with Crippen molar-refractivity contribution in [1.82, 2.24) is 19.6 Å². The van der Waals surface area contributed by atoms with Gasteiger partial charge in [-0.15, -0.1) is 0 Å². The molecule has 5 nitrogen and oxygen atoms in total. The minimum atomic E-state index is 0.376. The van der Waals surface area contributed by atoms with Gasteiger partial charge in [0, 0.05) is 44.8 Å². The monoisotopic (exact) mass is 350 g/mol. The summed E-state index contributed by atoms with van der Waals surface area (Å²) in [5.74, 6) is 0. The number of hydrogen-bond donors (Lipinski definition) is 0. The number of morpholine rings is 1. The van der Waals surface area contributed by atoms with E-state index in [1.807, 2.05) is 0 Å². The molecule has 144 valence electrons. The van der Waals surface area contributed by atoms with Gasteiger partial charge in [0.25, 0.3) is 0 Å². The van der Waals surface area contributed by atoms with Gasteiger partial charge in [-0.25, -0.2) is 0 Å². The predicted molar refractivity (Wildman–Crippen MR) is 102 cm³/mol. The molecule has 5 heteroatoms. The SMILES string of the molecule is CC(C)N1CCC(N2[C]N(CCCN3C[C@@H](C)O[C@@H](C)C3)CC2)CC1. The van der Waals surface area contributed by atoms with Crippen molar-refractivity contribution >= 4 is 0 Å². The lowest BCUT2D eigenvalue weighted by Crippen LogP contribution is -2.46. The molecule has 3 heterocycles. The fraction of sp³-hybridized carbons (Fsp3) is 0.950. The van der Waals surface area contributed by atoms with E-state index in [1.54, 1.807) is 0 Å². The molecule has 0 unspecified atom stereocenters. The summed E-state index contributed by atoms with van der Waals surface area (Å²) in [5, 5.41) is 0. The summed E-state index contributed by atoms with van der Waals surface area (Å²) < 4.78 is 5.83. The van der Waals surface area contributed by atoms with Crippen LogP contribution in [0.1, 0.15) is 47.0 Å². The smallest absolute Gasteiger partial charge is 0.146 e. The molecule has 3 saturated heterocycles. The van der Waals surface area contributed by atoms with Crippen molar-refractivity contribution < 1.29 is 4.74 Å². The van der Waals surface area contributed by atoms with Gasteiger partial charge >= 0.3 is 0 Å². The quantitative estimate of drug-likeness (QED) is 0.728. The minimum absolute atomic E-state index is 0.376. The van der Waals surface area contributed by atoms with Gasteiger partial charge in [-0.3, -0.25) is 14.7 Å². The molecule has 3 aliphatic rings. The van der Waals surface area contributed by atoms with E-state index < -0.39 is 0 Å². The van der Waals surface area contributed by atoms with Crippen LogP contribution >= 0.6 is 0 Å². The van der Waals surface area contributed by atoms with Crippen molar-refractivity contribution in [1.29, 1.82) is 0 Å². The summed E-state index contributed by atoms with van der Waals surface area (Å²) in [4.78, 5) is 10.1. The Hall–Kier alpha value is -0.200. The largest absolute Gasteiger partial charge is 0.373 e. The highest BCUT2D eigenvalue weighted by Gasteiger charge is 2.31. The van der Waals surface area contributed by atoms with Crippen LogP contribution in [0.25, 0.3) is 0 Å². The average molecular weight is 351 g/mol. The average Bonchev–Trinajstić information content (AvgIpc) is 3.03. The van der Waals surface area contributed by atoms with Crippen molar-refractivity contribution in [3.8, 4) is 0 Å². The molecule has 0 aliphatic carbocycles. The number of ether oxygens (including phenoxy) is 1. The zero-order valence-corrected chi connectivity index (χ0v) is 16.8. The van der Waals surface area contributed by atoms with E-state index in [4.69, 9.17) is 4.74 Å². The Morgan fingerprint density at radius 2 is 1.64 bits per heavy atom. The van der Waals surface area contributed by atoms with Gasteiger partial charge in [-0.1, -0.05) is 0 Å². The first-order chi connectivity index (χ1) is 12.0. The van der Waals surface area contributed by atoms with Crippen LogP contribution in [0.4, 0.5) is 0 Å². The lowest BCUT2D eigenvalue weighted by molar-refractivity contribution is -0.0683. The fourth-order valence-corrected chi connectivity index (χ4v) is 4.60. The Bertz CT molecular complexity index is 387. The van der Waals surface area contributed by atoms with Crippen LogP contribution in [0, 0.1) is 6.67 Å². The van der Waals surface area contributed by atoms with Crippen molar-refractivity contribution in [3.05, 3.63) is 6.67 Å². The maximum Gasteiger partial charge on any atom is 0.146 e. The van der Waals surface area contributed by atoms with Gasteiger partial charge in [0.15, 0.2) is 0 Å². The molecule has 0 N–H and O–H groups in total. The van der Waals surface area contributed by atoms with E-state index in [0.29, 0.717) is 24.3 Å². The second-order valence-electron chi connectivity index (χ2n) is 8.51. The van der Waals surface area contributed by atoms with E-state index in [1.165, 1.54) is 38.9 Å². The van der Waals surface area contributed by atoms with Gasteiger partial charge in [-0.2, -0.15) is 0 Å². The van der Waals surface area contributed by atoms with Crippen LogP contribution in [0.15, 0.2) is 0 Å². The third kappa shape index (κ3) is 5.64. The van der Waals surface area contributed by atoms with Gasteiger partial charge in [0.05, 0.1) is 12.2 Å². The maximum atomic E-state index is 5.83. The summed E-state index contributed by atoms with van der Waals surface area (Å²) >= 11 is 0. The van der Waals surface area contributed by atoms with Crippen molar-refractivity contribution in [3.63, 3.8) is 0 Å². The van der Waals surface area contributed by atoms with E-state index in [9.17, 15) is 0 Å². The first kappa shape index (κ1) is 19.6. The number of rotatable bonds is 6. The number of piperidine rings is 1. The highest BCUT2D eigenvalue weighted by molar-refractivity contribution is 4.89. The standard InChI is InChI=1S/C20H38N4O/c1-17(2)23-10-6-20(7-11-23)24-13-12-21(16-24)8-5-9-22-14-18(3)25-19(4)15-22/h17-20H,5-15H2,1-4H3/t18-,19+. The van der Waals surface area contributed by atoms with Crippen molar-refractivity contribution in [2.24, 2.45) is 0 Å². The third-order valence-corrected chi connectivity index (χ3v) is 5.95. The van der Waals surface area contributed by atoms with Gasteiger partial charge in [0.2, 0.25) is 0 Å². The molecule has 3 rings (SSSR count). The molecular weight excluding hydrogens is 312 g/mol. The summed E-state index contributed by atoms with van der Waals surface area (Å²) in [6, 6.07) is 1.40. The molecule has 0 amide bonds. The summed E-state index contributed by atoms with van der Waals surface area (Å²) in [7, 11) is 0. The Kier molecular flexibility index (Phi) is 7.15. The molecule has 25 heavy (non-hydrogen) atoms.